The van der Waals surface area contributed by atoms with Crippen LogP contribution in [-0.4, -0.2) is 41.1 Å². The summed E-state index contributed by atoms with van der Waals surface area (Å²) < 4.78 is 0. The van der Waals surface area contributed by atoms with Gasteiger partial charge in [-0.2, -0.15) is 0 Å². The van der Waals surface area contributed by atoms with Gasteiger partial charge in [-0.15, -0.1) is 0 Å². The number of carbonyl (C=O) groups is 1. The molecule has 0 aromatic heterocycles. The van der Waals surface area contributed by atoms with Gasteiger partial charge in [-0.25, -0.2) is 0 Å². The Morgan fingerprint density at radius 1 is 1.26 bits per heavy atom. The first-order chi connectivity index (χ1) is 9.13. The van der Waals surface area contributed by atoms with Gasteiger partial charge in [0, 0.05) is 24.5 Å². The van der Waals surface area contributed by atoms with E-state index in [0.29, 0.717) is 18.5 Å². The summed E-state index contributed by atoms with van der Waals surface area (Å²) in [5, 5.41) is 9.22. The summed E-state index contributed by atoms with van der Waals surface area (Å²) in [7, 11) is 0. The van der Waals surface area contributed by atoms with Crippen LogP contribution in [0.4, 0.5) is 0 Å². The molecule has 4 nitrogen and oxygen atoms in total. The summed E-state index contributed by atoms with van der Waals surface area (Å²) in [5.41, 5.74) is 6.03. The van der Waals surface area contributed by atoms with Crippen LogP contribution in [-0.2, 0) is 4.79 Å². The topological polar surface area (TPSA) is 66.6 Å². The minimum atomic E-state index is 0.0734. The summed E-state index contributed by atoms with van der Waals surface area (Å²) in [6.45, 7) is 2.72. The maximum atomic E-state index is 12.7. The molecule has 0 bridgehead atoms. The molecule has 3 N–H and O–H groups in total. The largest absolute Gasteiger partial charge is 0.395 e. The molecule has 0 spiro atoms. The summed E-state index contributed by atoms with van der Waals surface area (Å²) in [4.78, 5) is 14.7. The molecule has 3 atom stereocenters. The lowest BCUT2D eigenvalue weighted by molar-refractivity contribution is -0.140. The van der Waals surface area contributed by atoms with Crippen molar-refractivity contribution in [3.05, 3.63) is 0 Å². The van der Waals surface area contributed by atoms with Crippen molar-refractivity contribution in [1.29, 1.82) is 0 Å². The fourth-order valence-corrected chi connectivity index (χ4v) is 3.67. The van der Waals surface area contributed by atoms with Crippen LogP contribution in [0.25, 0.3) is 0 Å². The van der Waals surface area contributed by atoms with Gasteiger partial charge in [0.15, 0.2) is 0 Å². The van der Waals surface area contributed by atoms with Crippen LogP contribution in [0, 0.1) is 11.8 Å². The molecule has 19 heavy (non-hydrogen) atoms. The van der Waals surface area contributed by atoms with Gasteiger partial charge in [0.1, 0.15) is 0 Å². The number of aliphatic hydroxyl groups is 1. The Labute approximate surface area is 116 Å². The quantitative estimate of drug-likeness (QED) is 0.812. The Morgan fingerprint density at radius 2 is 1.95 bits per heavy atom. The molecule has 0 aliphatic heterocycles. The first-order valence-electron chi connectivity index (χ1n) is 7.80. The number of nitrogens with two attached hydrogens (primary N) is 1. The number of hydrogen-bond acceptors (Lipinski definition) is 3. The van der Waals surface area contributed by atoms with Crippen LogP contribution >= 0.6 is 0 Å². The van der Waals surface area contributed by atoms with E-state index < -0.39 is 0 Å². The second-order valence-electron chi connectivity index (χ2n) is 6.34. The average Bonchev–Trinajstić information content (AvgIpc) is 2.92. The average molecular weight is 268 g/mol. The minimum Gasteiger partial charge on any atom is -0.395 e. The van der Waals surface area contributed by atoms with Gasteiger partial charge in [-0.3, -0.25) is 4.79 Å². The highest BCUT2D eigenvalue weighted by molar-refractivity contribution is 5.79. The zero-order valence-corrected chi connectivity index (χ0v) is 12.1. The number of hydrogen-bond donors (Lipinski definition) is 2. The molecule has 0 aromatic carbocycles. The van der Waals surface area contributed by atoms with Gasteiger partial charge < -0.3 is 15.7 Å². The fourth-order valence-electron chi connectivity index (χ4n) is 3.67. The van der Waals surface area contributed by atoms with E-state index >= 15 is 0 Å². The van der Waals surface area contributed by atoms with Crippen molar-refractivity contribution in [2.45, 2.75) is 64.0 Å². The molecule has 1 amide bonds. The number of nitrogens with zero attached hydrogens (tertiary/aromatic N) is 1. The molecule has 2 rings (SSSR count). The van der Waals surface area contributed by atoms with E-state index in [4.69, 9.17) is 5.73 Å². The Bertz CT molecular complexity index is 303. The van der Waals surface area contributed by atoms with Gasteiger partial charge in [-0.1, -0.05) is 19.8 Å². The van der Waals surface area contributed by atoms with E-state index in [-0.39, 0.29) is 24.5 Å². The molecule has 2 aliphatic rings. The fraction of sp³-hybridized carbons (Fsp3) is 0.933. The van der Waals surface area contributed by atoms with Crippen LogP contribution in [0.3, 0.4) is 0 Å². The van der Waals surface area contributed by atoms with Crippen molar-refractivity contribution < 1.29 is 9.90 Å². The molecule has 0 aromatic rings. The number of rotatable bonds is 4. The Morgan fingerprint density at radius 3 is 2.53 bits per heavy atom. The van der Waals surface area contributed by atoms with E-state index in [1.54, 1.807) is 0 Å². The van der Waals surface area contributed by atoms with Crippen LogP contribution in [0.15, 0.2) is 0 Å². The second kappa shape index (κ2) is 6.71. The highest BCUT2D eigenvalue weighted by Gasteiger charge is 2.35. The predicted molar refractivity (Wildman–Crippen MR) is 75.5 cm³/mol. The van der Waals surface area contributed by atoms with Gasteiger partial charge >= 0.3 is 0 Å². The number of amides is 1. The summed E-state index contributed by atoms with van der Waals surface area (Å²) in [6.07, 6.45) is 7.42. The standard InChI is InChI=1S/C15H28N2O2/c1-11-10-12(6-7-14(11)16)15(19)17(8-9-18)13-4-2-3-5-13/h11-14,18H,2-10,16H2,1H3. The molecule has 2 saturated carbocycles. The van der Waals surface area contributed by atoms with Crippen molar-refractivity contribution in [3.8, 4) is 0 Å². The van der Waals surface area contributed by atoms with Gasteiger partial charge in [0.25, 0.3) is 0 Å². The SMILES string of the molecule is CC1CC(C(=O)N(CCO)C2CCCC2)CCC1N. The van der Waals surface area contributed by atoms with Crippen LogP contribution < -0.4 is 5.73 Å². The lowest BCUT2D eigenvalue weighted by atomic mass is 9.78. The first-order valence-corrected chi connectivity index (χ1v) is 7.80. The molecule has 2 aliphatic carbocycles. The Balaban J connectivity index is 1.98. The number of aliphatic hydroxyl groups excluding tert-OH is 1. The number of carbonyl (C=O) groups excluding carboxylic acids is 1. The normalized spacial score (nSPS) is 32.5. The Kier molecular flexibility index (Phi) is 5.22. The third-order valence-electron chi connectivity index (χ3n) is 4.97. The van der Waals surface area contributed by atoms with E-state index in [0.717, 1.165) is 32.1 Å². The molecular weight excluding hydrogens is 240 g/mol. The molecule has 0 radical (unpaired) electrons. The van der Waals surface area contributed by atoms with Gasteiger partial charge in [-0.05, 0) is 38.0 Å². The van der Waals surface area contributed by atoms with Crippen LogP contribution in [0.5, 0.6) is 0 Å². The molecule has 2 fully saturated rings. The zero-order chi connectivity index (χ0) is 13.8. The van der Waals surface area contributed by atoms with Gasteiger partial charge in [0.2, 0.25) is 5.91 Å². The van der Waals surface area contributed by atoms with Crippen molar-refractivity contribution in [2.24, 2.45) is 17.6 Å². The van der Waals surface area contributed by atoms with E-state index in [9.17, 15) is 9.90 Å². The molecule has 110 valence electrons. The van der Waals surface area contributed by atoms with Gasteiger partial charge in [0.05, 0.1) is 6.61 Å². The van der Waals surface area contributed by atoms with Crippen LogP contribution in [0.1, 0.15) is 51.9 Å². The molecule has 0 heterocycles. The maximum Gasteiger partial charge on any atom is 0.226 e. The lowest BCUT2D eigenvalue weighted by Crippen LogP contribution is -2.47. The molecule has 4 heteroatoms. The van der Waals surface area contributed by atoms with Crippen molar-refractivity contribution >= 4 is 5.91 Å². The lowest BCUT2D eigenvalue weighted by Gasteiger charge is -2.36. The third-order valence-corrected chi connectivity index (χ3v) is 4.97. The van der Waals surface area contributed by atoms with Crippen molar-refractivity contribution in [3.63, 3.8) is 0 Å². The minimum absolute atomic E-state index is 0.0734. The molecular formula is C15H28N2O2. The smallest absolute Gasteiger partial charge is 0.226 e. The Hall–Kier alpha value is -0.610. The molecule has 0 saturated heterocycles. The van der Waals surface area contributed by atoms with Crippen molar-refractivity contribution in [2.75, 3.05) is 13.2 Å². The first kappa shape index (κ1) is 14.8. The summed E-state index contributed by atoms with van der Waals surface area (Å²) >= 11 is 0. The monoisotopic (exact) mass is 268 g/mol. The maximum absolute atomic E-state index is 12.7. The third kappa shape index (κ3) is 3.48. The van der Waals surface area contributed by atoms with E-state index in [1.807, 2.05) is 4.90 Å². The van der Waals surface area contributed by atoms with E-state index in [1.165, 1.54) is 12.8 Å². The predicted octanol–water partition coefficient (Wildman–Crippen LogP) is 1.51. The van der Waals surface area contributed by atoms with Crippen LogP contribution in [0.2, 0.25) is 0 Å². The van der Waals surface area contributed by atoms with Crippen molar-refractivity contribution in [1.82, 2.24) is 4.90 Å². The van der Waals surface area contributed by atoms with E-state index in [2.05, 4.69) is 6.92 Å². The zero-order valence-electron chi connectivity index (χ0n) is 12.1. The highest BCUT2D eigenvalue weighted by Crippen LogP contribution is 2.32. The summed E-state index contributed by atoms with van der Waals surface area (Å²) in [6, 6.07) is 0.618. The molecule has 3 unspecified atom stereocenters. The summed E-state index contributed by atoms with van der Waals surface area (Å²) in [5.74, 6) is 0.823. The highest BCUT2D eigenvalue weighted by atomic mass is 16.3. The second-order valence-corrected chi connectivity index (χ2v) is 6.34.